The lowest BCUT2D eigenvalue weighted by Crippen LogP contribution is -2.23. The van der Waals surface area contributed by atoms with Crippen molar-refractivity contribution in [3.8, 4) is 6.07 Å². The van der Waals surface area contributed by atoms with E-state index in [0.29, 0.717) is 25.8 Å². The number of anilines is 1. The lowest BCUT2D eigenvalue weighted by Gasteiger charge is -2.12. The molecule has 0 aliphatic rings. The molecule has 1 N–H and O–H groups in total. The van der Waals surface area contributed by atoms with E-state index in [2.05, 4.69) is 11.4 Å². The first-order valence-corrected chi connectivity index (χ1v) is 13.3. The van der Waals surface area contributed by atoms with Gasteiger partial charge in [-0.1, -0.05) is 0 Å². The number of carbonyl (C=O) groups excluding carboxylic acids is 4. The van der Waals surface area contributed by atoms with Crippen molar-refractivity contribution in [3.63, 3.8) is 0 Å². The Hall–Kier alpha value is -2.88. The summed E-state index contributed by atoms with van der Waals surface area (Å²) in [5, 5.41) is 11.8. The standard InChI is InChI=1S/C23H26N2O7S3/c1-7-30-20(27)15-12(5)17(22(29)32-9-3)34-19(15)25-18(26)13(6)33-23-14(10-24)11(4)16(35-23)21(28)31-8-2/h13H,7-9H2,1-6H3,(H,25,26). The number of nitriles is 1. The quantitative estimate of drug-likeness (QED) is 0.253. The number of nitrogens with zero attached hydrogens (tertiary/aromatic N) is 1. The highest BCUT2D eigenvalue weighted by Gasteiger charge is 2.29. The molecule has 1 unspecified atom stereocenters. The van der Waals surface area contributed by atoms with Crippen LogP contribution < -0.4 is 5.32 Å². The van der Waals surface area contributed by atoms with E-state index < -0.39 is 29.1 Å². The zero-order valence-corrected chi connectivity index (χ0v) is 22.7. The number of thioether (sulfide) groups is 1. The topological polar surface area (TPSA) is 132 Å². The van der Waals surface area contributed by atoms with Crippen molar-refractivity contribution < 1.29 is 33.4 Å². The van der Waals surface area contributed by atoms with E-state index in [9.17, 15) is 24.4 Å². The first-order valence-electron chi connectivity index (χ1n) is 10.8. The summed E-state index contributed by atoms with van der Waals surface area (Å²) in [5.41, 5.74) is 1.28. The summed E-state index contributed by atoms with van der Waals surface area (Å²) in [6.07, 6.45) is 0. The molecule has 1 amide bonds. The Morgan fingerprint density at radius 3 is 1.94 bits per heavy atom. The maximum absolute atomic E-state index is 13.0. The molecule has 12 heteroatoms. The van der Waals surface area contributed by atoms with Gasteiger partial charge in [0.25, 0.3) is 0 Å². The number of thiophene rings is 2. The van der Waals surface area contributed by atoms with Gasteiger partial charge in [0.05, 0.1) is 40.4 Å². The third-order valence-corrected chi connectivity index (χ3v) is 8.44. The minimum Gasteiger partial charge on any atom is -0.462 e. The molecule has 0 saturated carbocycles. The van der Waals surface area contributed by atoms with E-state index in [1.54, 1.807) is 41.5 Å². The predicted molar refractivity (Wildman–Crippen MR) is 135 cm³/mol. The van der Waals surface area contributed by atoms with Crippen molar-refractivity contribution in [2.75, 3.05) is 25.1 Å². The number of rotatable bonds is 10. The minimum absolute atomic E-state index is 0.0970. The molecule has 0 aromatic carbocycles. The summed E-state index contributed by atoms with van der Waals surface area (Å²) in [5.74, 6) is -2.23. The average Bonchev–Trinajstić information content (AvgIpc) is 3.29. The second kappa shape index (κ2) is 12.7. The molecule has 0 aliphatic heterocycles. The van der Waals surface area contributed by atoms with Crippen LogP contribution in [-0.2, 0) is 19.0 Å². The fourth-order valence-corrected chi connectivity index (χ4v) is 6.61. The Morgan fingerprint density at radius 2 is 1.43 bits per heavy atom. The molecule has 0 bridgehead atoms. The largest absolute Gasteiger partial charge is 0.462 e. The van der Waals surface area contributed by atoms with Crippen molar-refractivity contribution >= 4 is 63.3 Å². The molecule has 0 saturated heterocycles. The third kappa shape index (κ3) is 6.42. The van der Waals surface area contributed by atoms with E-state index in [-0.39, 0.29) is 35.3 Å². The van der Waals surface area contributed by atoms with Crippen LogP contribution in [-0.4, -0.2) is 48.9 Å². The van der Waals surface area contributed by atoms with E-state index in [1.165, 1.54) is 0 Å². The van der Waals surface area contributed by atoms with E-state index >= 15 is 0 Å². The average molecular weight is 539 g/mol. The van der Waals surface area contributed by atoms with Crippen LogP contribution in [0, 0.1) is 25.2 Å². The number of nitrogens with one attached hydrogen (secondary N) is 1. The van der Waals surface area contributed by atoms with Crippen molar-refractivity contribution in [1.82, 2.24) is 0 Å². The van der Waals surface area contributed by atoms with Crippen LogP contribution in [0.25, 0.3) is 0 Å². The van der Waals surface area contributed by atoms with Gasteiger partial charge in [-0.15, -0.1) is 34.4 Å². The first kappa shape index (κ1) is 28.4. The second-order valence-corrected chi connectivity index (χ2v) is 10.7. The summed E-state index contributed by atoms with van der Waals surface area (Å²) in [6.45, 7) is 10.4. The van der Waals surface area contributed by atoms with Crippen LogP contribution in [0.5, 0.6) is 0 Å². The van der Waals surface area contributed by atoms with Gasteiger partial charge >= 0.3 is 17.9 Å². The van der Waals surface area contributed by atoms with Gasteiger partial charge < -0.3 is 19.5 Å². The minimum atomic E-state index is -0.696. The van der Waals surface area contributed by atoms with Crippen molar-refractivity contribution in [1.29, 1.82) is 5.26 Å². The molecule has 188 valence electrons. The highest BCUT2D eigenvalue weighted by molar-refractivity contribution is 8.02. The Morgan fingerprint density at radius 1 is 0.914 bits per heavy atom. The van der Waals surface area contributed by atoms with Crippen molar-refractivity contribution in [2.24, 2.45) is 0 Å². The Kier molecular flexibility index (Phi) is 10.3. The highest BCUT2D eigenvalue weighted by Crippen LogP contribution is 2.39. The molecular weight excluding hydrogens is 512 g/mol. The summed E-state index contributed by atoms with van der Waals surface area (Å²) in [7, 11) is 0. The monoisotopic (exact) mass is 538 g/mol. The summed E-state index contributed by atoms with van der Waals surface area (Å²) >= 11 is 3.15. The molecule has 35 heavy (non-hydrogen) atoms. The molecule has 0 spiro atoms. The van der Waals surface area contributed by atoms with Gasteiger partial charge in [-0.05, 0) is 52.7 Å². The SMILES string of the molecule is CCOC(=O)c1sc(SC(C)C(=O)Nc2sc(C(=O)OCC)c(C)c2C(=O)OCC)c(C#N)c1C. The number of ether oxygens (including phenoxy) is 3. The smallest absolute Gasteiger partial charge is 0.348 e. The third-order valence-electron chi connectivity index (χ3n) is 4.66. The maximum Gasteiger partial charge on any atom is 0.348 e. The maximum atomic E-state index is 13.0. The van der Waals surface area contributed by atoms with Gasteiger partial charge in [0.2, 0.25) is 5.91 Å². The van der Waals surface area contributed by atoms with Gasteiger partial charge in [0.1, 0.15) is 20.8 Å². The van der Waals surface area contributed by atoms with Crippen molar-refractivity contribution in [2.45, 2.75) is 51.0 Å². The van der Waals surface area contributed by atoms with E-state index in [0.717, 1.165) is 34.4 Å². The molecular formula is C23H26N2O7S3. The van der Waals surface area contributed by atoms with E-state index in [1.807, 2.05) is 0 Å². The molecule has 0 aliphatic carbocycles. The summed E-state index contributed by atoms with van der Waals surface area (Å²) in [4.78, 5) is 50.6. The molecule has 2 rings (SSSR count). The molecule has 2 heterocycles. The lowest BCUT2D eigenvalue weighted by atomic mass is 10.1. The van der Waals surface area contributed by atoms with E-state index in [4.69, 9.17) is 14.2 Å². The van der Waals surface area contributed by atoms with Crippen LogP contribution >= 0.6 is 34.4 Å². The van der Waals surface area contributed by atoms with Gasteiger partial charge in [0, 0.05) is 0 Å². The zero-order chi connectivity index (χ0) is 26.3. The fourth-order valence-electron chi connectivity index (χ4n) is 2.96. The van der Waals surface area contributed by atoms with Gasteiger partial charge in [-0.3, -0.25) is 4.79 Å². The second-order valence-electron chi connectivity index (χ2n) is 7.00. The number of amides is 1. The first-order chi connectivity index (χ1) is 16.6. The number of hydrogen-bond donors (Lipinski definition) is 1. The highest BCUT2D eigenvalue weighted by atomic mass is 32.2. The summed E-state index contributed by atoms with van der Waals surface area (Å²) in [6, 6.07) is 2.09. The van der Waals surface area contributed by atoms with Gasteiger partial charge in [-0.25, -0.2) is 14.4 Å². The summed E-state index contributed by atoms with van der Waals surface area (Å²) < 4.78 is 15.7. The molecule has 2 aromatic heterocycles. The Balaban J connectivity index is 2.33. The fraction of sp³-hybridized carbons (Fsp3) is 0.435. The van der Waals surface area contributed by atoms with Crippen LogP contribution in [0.4, 0.5) is 5.00 Å². The number of esters is 3. The molecule has 0 radical (unpaired) electrons. The van der Waals surface area contributed by atoms with Crippen LogP contribution in [0.1, 0.15) is 74.1 Å². The molecule has 1 atom stereocenters. The number of hydrogen-bond acceptors (Lipinski definition) is 11. The number of carbonyl (C=O) groups is 4. The molecule has 9 nitrogen and oxygen atoms in total. The Labute approximate surface area is 215 Å². The normalized spacial score (nSPS) is 11.3. The van der Waals surface area contributed by atoms with Crippen LogP contribution in [0.2, 0.25) is 0 Å². The van der Waals surface area contributed by atoms with Crippen molar-refractivity contribution in [3.05, 3.63) is 32.0 Å². The van der Waals surface area contributed by atoms with Gasteiger partial charge in [0.15, 0.2) is 0 Å². The molecule has 0 fully saturated rings. The van der Waals surface area contributed by atoms with Gasteiger partial charge in [-0.2, -0.15) is 5.26 Å². The molecule has 2 aromatic rings. The Bertz CT molecular complexity index is 1180. The zero-order valence-electron chi connectivity index (χ0n) is 20.2. The van der Waals surface area contributed by atoms with Crippen LogP contribution in [0.15, 0.2) is 4.21 Å². The predicted octanol–water partition coefficient (Wildman–Crippen LogP) is 4.95. The van der Waals surface area contributed by atoms with Crippen LogP contribution in [0.3, 0.4) is 0 Å². The lowest BCUT2D eigenvalue weighted by molar-refractivity contribution is -0.115.